The summed E-state index contributed by atoms with van der Waals surface area (Å²) in [6, 6.07) is 14.0. The molecule has 2 aromatic rings. The molecule has 1 atom stereocenters. The molecule has 0 aromatic heterocycles. The second kappa shape index (κ2) is 7.63. The normalized spacial score (nSPS) is 12.6. The second-order valence-electron chi connectivity index (χ2n) is 4.91. The first-order chi connectivity index (χ1) is 10.8. The van der Waals surface area contributed by atoms with Crippen LogP contribution in [-0.4, -0.2) is 15.9 Å². The fraction of sp³-hybridized carbons (Fsp3) is 0.188. The number of hydrogen-bond donors (Lipinski definition) is 2. The molecule has 0 heterocycles. The van der Waals surface area contributed by atoms with Crippen molar-refractivity contribution in [2.75, 3.05) is 5.32 Å². The summed E-state index contributed by atoms with van der Waals surface area (Å²) < 4.78 is -1.74. The number of rotatable bonds is 4. The molecule has 2 N–H and O–H groups in total. The molecular weight excluding hydrogens is 378 g/mol. The Labute approximate surface area is 154 Å². The number of benzene rings is 2. The Morgan fingerprint density at radius 3 is 2.22 bits per heavy atom. The summed E-state index contributed by atoms with van der Waals surface area (Å²) in [6.45, 7) is 1.84. The first-order valence-corrected chi connectivity index (χ1v) is 8.24. The van der Waals surface area contributed by atoms with Gasteiger partial charge in [0.05, 0.1) is 0 Å². The molecule has 23 heavy (non-hydrogen) atoms. The highest BCUT2D eigenvalue weighted by molar-refractivity contribution is 6.68. The third kappa shape index (κ3) is 5.18. The lowest BCUT2D eigenvalue weighted by Gasteiger charge is -2.27. The van der Waals surface area contributed by atoms with E-state index in [-0.39, 0.29) is 5.91 Å². The van der Waals surface area contributed by atoms with E-state index >= 15 is 0 Å². The third-order valence-electron chi connectivity index (χ3n) is 3.15. The van der Waals surface area contributed by atoms with Crippen LogP contribution in [0, 0.1) is 6.92 Å². The smallest absolute Gasteiger partial charge is 0.253 e. The zero-order valence-corrected chi connectivity index (χ0v) is 15.1. The van der Waals surface area contributed by atoms with Crippen molar-refractivity contribution in [3.05, 3.63) is 64.7 Å². The number of alkyl halides is 3. The van der Waals surface area contributed by atoms with Crippen LogP contribution in [0.25, 0.3) is 0 Å². The molecule has 0 saturated heterocycles. The van der Waals surface area contributed by atoms with Crippen molar-refractivity contribution >= 4 is 58.0 Å². The average Bonchev–Trinajstić information content (AvgIpc) is 2.48. The molecule has 0 bridgehead atoms. The average molecular weight is 392 g/mol. The van der Waals surface area contributed by atoms with E-state index in [0.29, 0.717) is 16.3 Å². The zero-order valence-electron chi connectivity index (χ0n) is 12.1. The molecule has 3 nitrogen and oxygen atoms in total. The summed E-state index contributed by atoms with van der Waals surface area (Å²) >= 11 is 23.8. The quantitative estimate of drug-likeness (QED) is 0.556. The van der Waals surface area contributed by atoms with E-state index in [2.05, 4.69) is 10.6 Å². The molecule has 0 aliphatic heterocycles. The number of nitrogens with one attached hydrogen (secondary N) is 2. The molecule has 7 heteroatoms. The van der Waals surface area contributed by atoms with Gasteiger partial charge in [-0.2, -0.15) is 0 Å². The van der Waals surface area contributed by atoms with Crippen LogP contribution >= 0.6 is 46.4 Å². The largest absolute Gasteiger partial charge is 0.362 e. The molecular formula is C16H14Cl4N2O. The molecule has 0 fully saturated rings. The third-order valence-corrected chi connectivity index (χ3v) is 4.05. The van der Waals surface area contributed by atoms with Crippen LogP contribution in [0.5, 0.6) is 0 Å². The molecule has 0 saturated carbocycles. The SMILES string of the molecule is Cc1ccccc1C(=O)NC(Nc1ccc(Cl)cc1)C(Cl)(Cl)Cl. The lowest BCUT2D eigenvalue weighted by atomic mass is 10.1. The summed E-state index contributed by atoms with van der Waals surface area (Å²) in [7, 11) is 0. The Hall–Kier alpha value is -1.13. The van der Waals surface area contributed by atoms with Gasteiger partial charge in [0.25, 0.3) is 5.91 Å². The standard InChI is InChI=1S/C16H14Cl4N2O/c1-10-4-2-3-5-13(10)14(23)22-15(16(18,19)20)21-12-8-6-11(17)7-9-12/h2-9,15,21H,1H3,(H,22,23). The minimum Gasteiger partial charge on any atom is -0.362 e. The van der Waals surface area contributed by atoms with Gasteiger partial charge in [-0.15, -0.1) is 0 Å². The van der Waals surface area contributed by atoms with Crippen molar-refractivity contribution in [3.63, 3.8) is 0 Å². The Bertz CT molecular complexity index is 683. The van der Waals surface area contributed by atoms with E-state index in [4.69, 9.17) is 46.4 Å². The highest BCUT2D eigenvalue weighted by atomic mass is 35.6. The lowest BCUT2D eigenvalue weighted by Crippen LogP contribution is -2.49. The van der Waals surface area contributed by atoms with Gasteiger partial charge in [-0.3, -0.25) is 4.79 Å². The van der Waals surface area contributed by atoms with Crippen molar-refractivity contribution < 1.29 is 4.79 Å². The van der Waals surface area contributed by atoms with Gasteiger partial charge in [0, 0.05) is 16.3 Å². The molecule has 1 unspecified atom stereocenters. The van der Waals surface area contributed by atoms with E-state index in [1.807, 2.05) is 19.1 Å². The van der Waals surface area contributed by atoms with Gasteiger partial charge >= 0.3 is 0 Å². The molecule has 0 aliphatic rings. The van der Waals surface area contributed by atoms with Gasteiger partial charge in [0.15, 0.2) is 0 Å². The maximum absolute atomic E-state index is 12.4. The van der Waals surface area contributed by atoms with Gasteiger partial charge in [0.2, 0.25) is 3.79 Å². The maximum Gasteiger partial charge on any atom is 0.253 e. The zero-order chi connectivity index (χ0) is 17.0. The molecule has 0 radical (unpaired) electrons. The number of amides is 1. The number of aryl methyl sites for hydroxylation is 1. The van der Waals surface area contributed by atoms with E-state index < -0.39 is 9.96 Å². The minimum atomic E-state index is -1.74. The van der Waals surface area contributed by atoms with Crippen LogP contribution in [0.15, 0.2) is 48.5 Å². The Morgan fingerprint density at radius 2 is 1.65 bits per heavy atom. The maximum atomic E-state index is 12.4. The molecule has 1 amide bonds. The van der Waals surface area contributed by atoms with Crippen molar-refractivity contribution in [1.29, 1.82) is 0 Å². The highest BCUT2D eigenvalue weighted by Gasteiger charge is 2.34. The van der Waals surface area contributed by atoms with Gasteiger partial charge in [-0.05, 0) is 42.8 Å². The second-order valence-corrected chi connectivity index (χ2v) is 7.72. The van der Waals surface area contributed by atoms with Crippen molar-refractivity contribution in [2.45, 2.75) is 16.9 Å². The van der Waals surface area contributed by atoms with Gasteiger partial charge in [-0.25, -0.2) is 0 Å². The molecule has 122 valence electrons. The number of hydrogen-bond acceptors (Lipinski definition) is 2. The van der Waals surface area contributed by atoms with E-state index in [1.165, 1.54) is 0 Å². The van der Waals surface area contributed by atoms with Crippen LogP contribution in [0.3, 0.4) is 0 Å². The summed E-state index contributed by atoms with van der Waals surface area (Å²) in [6.07, 6.45) is -0.916. The Kier molecular flexibility index (Phi) is 6.04. The number of halogens is 4. The predicted octanol–water partition coefficient (Wildman–Crippen LogP) is 5.19. The van der Waals surface area contributed by atoms with E-state index in [0.717, 1.165) is 5.56 Å². The van der Waals surface area contributed by atoms with Gasteiger partial charge < -0.3 is 10.6 Å². The summed E-state index contributed by atoms with van der Waals surface area (Å²) in [5.41, 5.74) is 2.01. The van der Waals surface area contributed by atoms with Crippen molar-refractivity contribution in [1.82, 2.24) is 5.32 Å². The lowest BCUT2D eigenvalue weighted by molar-refractivity contribution is 0.0941. The first kappa shape index (κ1) is 18.2. The number of anilines is 1. The van der Waals surface area contributed by atoms with Crippen LogP contribution in [0.1, 0.15) is 15.9 Å². The minimum absolute atomic E-state index is 0.333. The summed E-state index contributed by atoms with van der Waals surface area (Å²) in [5.74, 6) is -0.333. The van der Waals surface area contributed by atoms with Gasteiger partial charge in [0.1, 0.15) is 6.17 Å². The van der Waals surface area contributed by atoms with E-state index in [1.54, 1.807) is 36.4 Å². The fourth-order valence-electron chi connectivity index (χ4n) is 1.95. The van der Waals surface area contributed by atoms with Crippen LogP contribution in [0.2, 0.25) is 5.02 Å². The van der Waals surface area contributed by atoms with Crippen LogP contribution in [-0.2, 0) is 0 Å². The topological polar surface area (TPSA) is 41.1 Å². The Morgan fingerprint density at radius 1 is 1.04 bits per heavy atom. The Balaban J connectivity index is 2.18. The van der Waals surface area contributed by atoms with Crippen molar-refractivity contribution in [2.24, 2.45) is 0 Å². The van der Waals surface area contributed by atoms with Crippen LogP contribution < -0.4 is 10.6 Å². The fourth-order valence-corrected chi connectivity index (χ4v) is 2.40. The molecule has 0 aliphatic carbocycles. The van der Waals surface area contributed by atoms with Crippen molar-refractivity contribution in [3.8, 4) is 0 Å². The highest BCUT2D eigenvalue weighted by Crippen LogP contribution is 2.31. The molecule has 2 rings (SSSR count). The van der Waals surface area contributed by atoms with E-state index in [9.17, 15) is 4.79 Å². The molecule has 2 aromatic carbocycles. The van der Waals surface area contributed by atoms with Crippen LogP contribution in [0.4, 0.5) is 5.69 Å². The first-order valence-electron chi connectivity index (χ1n) is 6.72. The number of carbonyl (C=O) groups is 1. The van der Waals surface area contributed by atoms with Gasteiger partial charge in [-0.1, -0.05) is 64.6 Å². The summed E-state index contributed by atoms with van der Waals surface area (Å²) in [4.78, 5) is 12.4. The predicted molar refractivity (Wildman–Crippen MR) is 97.8 cm³/mol. The monoisotopic (exact) mass is 390 g/mol. The number of carbonyl (C=O) groups excluding carboxylic acids is 1. The summed E-state index contributed by atoms with van der Waals surface area (Å²) in [5, 5.41) is 6.27. The molecule has 0 spiro atoms.